The molecule has 0 aliphatic carbocycles. The number of benzene rings is 1. The summed E-state index contributed by atoms with van der Waals surface area (Å²) in [6.07, 6.45) is 3.10. The van der Waals surface area contributed by atoms with Crippen LogP contribution in [0.5, 0.6) is 5.75 Å². The molecule has 6 heteroatoms. The van der Waals surface area contributed by atoms with Crippen molar-refractivity contribution in [1.82, 2.24) is 4.90 Å². The van der Waals surface area contributed by atoms with Crippen LogP contribution in [0.1, 0.15) is 30.0 Å². The number of amidine groups is 1. The van der Waals surface area contributed by atoms with E-state index in [0.29, 0.717) is 17.5 Å². The van der Waals surface area contributed by atoms with Crippen molar-refractivity contribution in [2.45, 2.75) is 32.6 Å². The summed E-state index contributed by atoms with van der Waals surface area (Å²) in [7, 11) is 0. The molecular weight excluding hydrogens is 298 g/mol. The molecule has 0 radical (unpaired) electrons. The van der Waals surface area contributed by atoms with E-state index in [1.807, 2.05) is 37.7 Å². The number of hydrogen-bond acceptors (Lipinski definition) is 5. The number of nitrogens with zero attached hydrogens (tertiary/aromatic N) is 2. The van der Waals surface area contributed by atoms with E-state index in [-0.39, 0.29) is 5.84 Å². The molecule has 0 spiro atoms. The van der Waals surface area contributed by atoms with Crippen LogP contribution >= 0.6 is 11.8 Å². The molecule has 1 atom stereocenters. The van der Waals surface area contributed by atoms with Crippen LogP contribution in [0.3, 0.4) is 0 Å². The number of thioether (sulfide) groups is 1. The molecule has 3 N–H and O–H groups in total. The van der Waals surface area contributed by atoms with Crippen molar-refractivity contribution in [3.63, 3.8) is 0 Å². The van der Waals surface area contributed by atoms with E-state index >= 15 is 0 Å². The standard InChI is InChI=1S/C16H23N3O2S/c1-11-9-14(16(17)18-20)10-12(2)15(11)21-7-4-5-19-6-8-22-13(19)3/h6,8-10,13,20H,4-5,7H2,1-3H3,(H2,17,18). The minimum Gasteiger partial charge on any atom is -0.493 e. The molecule has 1 heterocycles. The Morgan fingerprint density at radius 3 is 2.64 bits per heavy atom. The number of aryl methyl sites for hydroxylation is 2. The fourth-order valence-electron chi connectivity index (χ4n) is 2.49. The van der Waals surface area contributed by atoms with Gasteiger partial charge < -0.3 is 20.6 Å². The van der Waals surface area contributed by atoms with Crippen molar-refractivity contribution in [2.75, 3.05) is 13.2 Å². The Hall–Kier alpha value is -1.82. The number of hydrogen-bond donors (Lipinski definition) is 2. The van der Waals surface area contributed by atoms with Crippen LogP contribution in [-0.4, -0.2) is 34.5 Å². The van der Waals surface area contributed by atoms with E-state index in [4.69, 9.17) is 15.7 Å². The Bertz CT molecular complexity index is 564. The average Bonchev–Trinajstić information content (AvgIpc) is 2.90. The third-order valence-corrected chi connectivity index (χ3v) is 4.61. The average molecular weight is 321 g/mol. The number of rotatable bonds is 6. The van der Waals surface area contributed by atoms with Gasteiger partial charge >= 0.3 is 0 Å². The minimum absolute atomic E-state index is 0.116. The highest BCUT2D eigenvalue weighted by Crippen LogP contribution is 2.26. The van der Waals surface area contributed by atoms with Gasteiger partial charge in [0.2, 0.25) is 0 Å². The highest BCUT2D eigenvalue weighted by atomic mass is 32.2. The van der Waals surface area contributed by atoms with E-state index in [1.165, 1.54) is 0 Å². The SMILES string of the molecule is Cc1cc(C(N)=NO)cc(C)c1OCCCN1C=CSC1C. The molecule has 0 amide bonds. The molecule has 5 nitrogen and oxygen atoms in total. The first kappa shape index (κ1) is 16.5. The summed E-state index contributed by atoms with van der Waals surface area (Å²) in [4.78, 5) is 2.31. The van der Waals surface area contributed by atoms with E-state index in [9.17, 15) is 0 Å². The summed E-state index contributed by atoms with van der Waals surface area (Å²) < 4.78 is 5.93. The van der Waals surface area contributed by atoms with Crippen LogP contribution in [0.2, 0.25) is 0 Å². The number of oxime groups is 1. The zero-order valence-corrected chi connectivity index (χ0v) is 14.1. The third-order valence-electron chi connectivity index (χ3n) is 3.67. The summed E-state index contributed by atoms with van der Waals surface area (Å²) in [5.41, 5.74) is 8.32. The van der Waals surface area contributed by atoms with Gasteiger partial charge in [0.15, 0.2) is 5.84 Å². The molecule has 120 valence electrons. The van der Waals surface area contributed by atoms with Gasteiger partial charge in [-0.3, -0.25) is 0 Å². The second kappa shape index (κ2) is 7.45. The second-order valence-electron chi connectivity index (χ2n) is 5.38. The molecule has 0 aromatic heterocycles. The smallest absolute Gasteiger partial charge is 0.170 e. The van der Waals surface area contributed by atoms with Crippen molar-refractivity contribution >= 4 is 17.6 Å². The Balaban J connectivity index is 1.91. The summed E-state index contributed by atoms with van der Waals surface area (Å²) in [6.45, 7) is 7.81. The molecule has 1 aliphatic heterocycles. The maximum atomic E-state index is 8.76. The van der Waals surface area contributed by atoms with Gasteiger partial charge in [-0.25, -0.2) is 0 Å². The maximum absolute atomic E-state index is 8.76. The van der Waals surface area contributed by atoms with Crippen LogP contribution in [0.4, 0.5) is 0 Å². The van der Waals surface area contributed by atoms with Gasteiger partial charge in [0, 0.05) is 18.3 Å². The minimum atomic E-state index is 0.116. The monoisotopic (exact) mass is 321 g/mol. The van der Waals surface area contributed by atoms with Gasteiger partial charge in [-0.1, -0.05) is 5.16 Å². The lowest BCUT2D eigenvalue weighted by Crippen LogP contribution is -2.24. The fourth-order valence-corrected chi connectivity index (χ4v) is 3.27. The maximum Gasteiger partial charge on any atom is 0.170 e. The van der Waals surface area contributed by atoms with Gasteiger partial charge in [-0.05, 0) is 55.9 Å². The van der Waals surface area contributed by atoms with E-state index in [0.717, 1.165) is 29.8 Å². The van der Waals surface area contributed by atoms with Crippen LogP contribution in [-0.2, 0) is 0 Å². The molecular formula is C16H23N3O2S. The Morgan fingerprint density at radius 2 is 2.09 bits per heavy atom. The van der Waals surface area contributed by atoms with Crippen molar-refractivity contribution in [1.29, 1.82) is 0 Å². The topological polar surface area (TPSA) is 71.1 Å². The van der Waals surface area contributed by atoms with Crippen molar-refractivity contribution in [3.05, 3.63) is 40.4 Å². The highest BCUT2D eigenvalue weighted by Gasteiger charge is 2.14. The number of ether oxygens (including phenoxy) is 1. The highest BCUT2D eigenvalue weighted by molar-refractivity contribution is 8.02. The lowest BCUT2D eigenvalue weighted by atomic mass is 10.1. The Kier molecular flexibility index (Phi) is 5.60. The van der Waals surface area contributed by atoms with Crippen molar-refractivity contribution in [3.8, 4) is 5.75 Å². The summed E-state index contributed by atoms with van der Waals surface area (Å²) in [6, 6.07) is 3.75. The first-order valence-electron chi connectivity index (χ1n) is 7.32. The third kappa shape index (κ3) is 3.88. The van der Waals surface area contributed by atoms with Gasteiger partial charge in [-0.2, -0.15) is 0 Å². The van der Waals surface area contributed by atoms with Crippen molar-refractivity contribution < 1.29 is 9.94 Å². The summed E-state index contributed by atoms with van der Waals surface area (Å²) in [5.74, 6) is 0.999. The van der Waals surface area contributed by atoms with Gasteiger partial charge in [0.25, 0.3) is 0 Å². The molecule has 2 rings (SSSR count). The number of nitrogens with two attached hydrogens (primary N) is 1. The quantitative estimate of drug-likeness (QED) is 0.277. The molecule has 0 saturated heterocycles. The predicted molar refractivity (Wildman–Crippen MR) is 91.4 cm³/mol. The van der Waals surface area contributed by atoms with Crippen LogP contribution in [0, 0.1) is 13.8 Å². The molecule has 0 saturated carbocycles. The normalized spacial score (nSPS) is 18.0. The zero-order valence-electron chi connectivity index (χ0n) is 13.2. The molecule has 1 aromatic rings. The van der Waals surface area contributed by atoms with E-state index in [2.05, 4.69) is 28.6 Å². The molecule has 1 aromatic carbocycles. The van der Waals surface area contributed by atoms with Gasteiger partial charge in [0.1, 0.15) is 5.75 Å². The van der Waals surface area contributed by atoms with Gasteiger partial charge in [-0.15, -0.1) is 11.8 Å². The largest absolute Gasteiger partial charge is 0.493 e. The lowest BCUT2D eigenvalue weighted by Gasteiger charge is -2.21. The van der Waals surface area contributed by atoms with Crippen LogP contribution < -0.4 is 10.5 Å². The van der Waals surface area contributed by atoms with Crippen molar-refractivity contribution in [2.24, 2.45) is 10.9 Å². The molecule has 0 fully saturated rings. The Labute approximate surface area is 135 Å². The summed E-state index contributed by atoms with van der Waals surface area (Å²) in [5, 5.41) is 14.4. The molecule has 0 bridgehead atoms. The van der Waals surface area contributed by atoms with E-state index in [1.54, 1.807) is 0 Å². The lowest BCUT2D eigenvalue weighted by molar-refractivity contribution is 0.273. The summed E-state index contributed by atoms with van der Waals surface area (Å²) >= 11 is 1.83. The molecule has 1 aliphatic rings. The zero-order chi connectivity index (χ0) is 16.1. The molecule has 1 unspecified atom stereocenters. The first-order valence-corrected chi connectivity index (χ1v) is 8.27. The molecule has 22 heavy (non-hydrogen) atoms. The fraction of sp³-hybridized carbons (Fsp3) is 0.438. The first-order chi connectivity index (χ1) is 10.5. The van der Waals surface area contributed by atoms with E-state index < -0.39 is 0 Å². The van der Waals surface area contributed by atoms with Gasteiger partial charge in [0.05, 0.1) is 12.0 Å². The second-order valence-corrected chi connectivity index (χ2v) is 6.61. The Morgan fingerprint density at radius 1 is 1.41 bits per heavy atom. The van der Waals surface area contributed by atoms with Crippen LogP contribution in [0.15, 0.2) is 28.9 Å². The predicted octanol–water partition coefficient (Wildman–Crippen LogP) is 3.03. The van der Waals surface area contributed by atoms with Crippen LogP contribution in [0.25, 0.3) is 0 Å².